The summed E-state index contributed by atoms with van der Waals surface area (Å²) in [5.41, 5.74) is 3.33. The molecule has 5 rings (SSSR count). The van der Waals surface area contributed by atoms with Crippen molar-refractivity contribution in [2.45, 2.75) is 51.5 Å². The van der Waals surface area contributed by atoms with Crippen molar-refractivity contribution in [1.29, 1.82) is 0 Å². The fourth-order valence-electron chi connectivity index (χ4n) is 4.26. The molecule has 1 aliphatic heterocycles. The number of aromatic nitrogens is 3. The third kappa shape index (κ3) is 4.51. The maximum atomic E-state index is 12.8. The summed E-state index contributed by atoms with van der Waals surface area (Å²) in [6, 6.07) is 11.8. The molecule has 0 saturated heterocycles. The normalized spacial score (nSPS) is 15.5. The average Bonchev–Trinajstić information content (AvgIpc) is 3.55. The lowest BCUT2D eigenvalue weighted by molar-refractivity contribution is -0.118. The number of fused-ring (bicyclic) bond motifs is 1. The van der Waals surface area contributed by atoms with Gasteiger partial charge < -0.3 is 9.42 Å². The van der Waals surface area contributed by atoms with E-state index in [0.717, 1.165) is 36.3 Å². The molecular weight excluding hydrogens is 418 g/mol. The van der Waals surface area contributed by atoms with E-state index in [1.165, 1.54) is 10.5 Å². The zero-order valence-corrected chi connectivity index (χ0v) is 19.0. The second-order valence-corrected chi connectivity index (χ2v) is 8.86. The summed E-state index contributed by atoms with van der Waals surface area (Å²) in [5.74, 6) is 2.19. The molecule has 1 aliphatic carbocycles. The van der Waals surface area contributed by atoms with E-state index in [0.29, 0.717) is 42.6 Å². The first-order valence-corrected chi connectivity index (χ1v) is 11.4. The van der Waals surface area contributed by atoms with Crippen molar-refractivity contribution in [2.24, 2.45) is 0 Å². The standard InChI is InChI=1S/C25H27N5O3/c1-16-19-10-11-23(31)30(13-12-17-6-4-3-5-7-17)24(19)27-22(26-16)15-29(2)25(32)20-14-21(33-28-20)18-8-9-18/h3-7,14,18H,8-13,15H2,1-2H3. The largest absolute Gasteiger partial charge is 0.360 e. The van der Waals surface area contributed by atoms with Gasteiger partial charge in [0.15, 0.2) is 5.69 Å². The number of hydrogen-bond donors (Lipinski definition) is 0. The Kier molecular flexibility index (Phi) is 5.66. The summed E-state index contributed by atoms with van der Waals surface area (Å²) in [4.78, 5) is 38.3. The van der Waals surface area contributed by atoms with E-state index in [4.69, 9.17) is 9.51 Å². The van der Waals surface area contributed by atoms with Crippen molar-refractivity contribution in [3.8, 4) is 0 Å². The highest BCUT2D eigenvalue weighted by Gasteiger charge is 2.30. The Hall–Kier alpha value is -3.55. The third-order valence-corrected chi connectivity index (χ3v) is 6.30. The summed E-state index contributed by atoms with van der Waals surface area (Å²) in [7, 11) is 1.70. The number of rotatable bonds is 7. The smallest absolute Gasteiger partial charge is 0.276 e. The van der Waals surface area contributed by atoms with Crippen molar-refractivity contribution in [1.82, 2.24) is 20.0 Å². The summed E-state index contributed by atoms with van der Waals surface area (Å²) in [5, 5.41) is 3.94. The second-order valence-electron chi connectivity index (χ2n) is 8.86. The molecule has 3 heterocycles. The van der Waals surface area contributed by atoms with Gasteiger partial charge in [0, 0.05) is 43.3 Å². The first kappa shape index (κ1) is 21.3. The van der Waals surface area contributed by atoms with E-state index >= 15 is 0 Å². The molecule has 3 aromatic rings. The van der Waals surface area contributed by atoms with Crippen molar-refractivity contribution >= 4 is 17.6 Å². The van der Waals surface area contributed by atoms with Crippen LogP contribution in [0, 0.1) is 6.92 Å². The van der Waals surface area contributed by atoms with Crippen LogP contribution in [-0.2, 0) is 24.2 Å². The van der Waals surface area contributed by atoms with Crippen molar-refractivity contribution in [2.75, 3.05) is 18.5 Å². The Morgan fingerprint density at radius 1 is 1.18 bits per heavy atom. The van der Waals surface area contributed by atoms with Crippen LogP contribution in [-0.4, -0.2) is 45.4 Å². The SMILES string of the molecule is Cc1nc(CN(C)C(=O)c2cc(C3CC3)on2)nc2c1CCC(=O)N2CCc1ccccc1. The van der Waals surface area contributed by atoms with Crippen LogP contribution in [0.15, 0.2) is 40.9 Å². The lowest BCUT2D eigenvalue weighted by Crippen LogP contribution is -2.38. The molecule has 33 heavy (non-hydrogen) atoms. The van der Waals surface area contributed by atoms with Gasteiger partial charge in [-0.15, -0.1) is 0 Å². The maximum absolute atomic E-state index is 12.8. The summed E-state index contributed by atoms with van der Waals surface area (Å²) in [6.45, 7) is 2.72. The van der Waals surface area contributed by atoms with Gasteiger partial charge in [0.05, 0.1) is 6.54 Å². The average molecular weight is 446 g/mol. The summed E-state index contributed by atoms with van der Waals surface area (Å²) < 4.78 is 5.32. The molecule has 1 aromatic carbocycles. The molecule has 170 valence electrons. The molecule has 1 fully saturated rings. The topological polar surface area (TPSA) is 92.4 Å². The van der Waals surface area contributed by atoms with Gasteiger partial charge in [-0.1, -0.05) is 35.5 Å². The van der Waals surface area contributed by atoms with Gasteiger partial charge in [-0.2, -0.15) is 0 Å². The minimum atomic E-state index is -0.235. The van der Waals surface area contributed by atoms with Crippen LogP contribution in [0.1, 0.15) is 64.1 Å². The van der Waals surface area contributed by atoms with Gasteiger partial charge in [-0.3, -0.25) is 14.5 Å². The lowest BCUT2D eigenvalue weighted by Gasteiger charge is -2.29. The minimum Gasteiger partial charge on any atom is -0.360 e. The Balaban J connectivity index is 1.34. The van der Waals surface area contributed by atoms with Gasteiger partial charge in [-0.05, 0) is 38.2 Å². The lowest BCUT2D eigenvalue weighted by atomic mass is 10.0. The molecule has 0 radical (unpaired) electrons. The van der Waals surface area contributed by atoms with E-state index in [-0.39, 0.29) is 18.4 Å². The number of nitrogens with zero attached hydrogens (tertiary/aromatic N) is 5. The van der Waals surface area contributed by atoms with Gasteiger partial charge >= 0.3 is 0 Å². The molecule has 0 N–H and O–H groups in total. The molecule has 8 heteroatoms. The Morgan fingerprint density at radius 2 is 1.97 bits per heavy atom. The first-order valence-electron chi connectivity index (χ1n) is 11.4. The second kappa shape index (κ2) is 8.77. The Labute approximate surface area is 192 Å². The number of anilines is 1. The Morgan fingerprint density at radius 3 is 2.73 bits per heavy atom. The van der Waals surface area contributed by atoms with Crippen molar-refractivity contribution < 1.29 is 14.1 Å². The van der Waals surface area contributed by atoms with Crippen LogP contribution in [0.2, 0.25) is 0 Å². The monoisotopic (exact) mass is 445 g/mol. The molecule has 0 atom stereocenters. The van der Waals surface area contributed by atoms with Crippen LogP contribution < -0.4 is 4.90 Å². The first-order chi connectivity index (χ1) is 16.0. The zero-order chi connectivity index (χ0) is 22.9. The van der Waals surface area contributed by atoms with Crippen molar-refractivity contribution in [3.63, 3.8) is 0 Å². The number of aryl methyl sites for hydroxylation is 1. The zero-order valence-electron chi connectivity index (χ0n) is 19.0. The van der Waals surface area contributed by atoms with E-state index in [1.54, 1.807) is 18.0 Å². The highest BCUT2D eigenvalue weighted by atomic mass is 16.5. The summed E-state index contributed by atoms with van der Waals surface area (Å²) in [6.07, 6.45) is 4.01. The molecular formula is C25H27N5O3. The predicted molar refractivity (Wildman–Crippen MR) is 122 cm³/mol. The van der Waals surface area contributed by atoms with E-state index in [9.17, 15) is 9.59 Å². The van der Waals surface area contributed by atoms with Crippen LogP contribution in [0.25, 0.3) is 0 Å². The molecule has 2 amide bonds. The number of carbonyl (C=O) groups is 2. The van der Waals surface area contributed by atoms with Crippen LogP contribution in [0.5, 0.6) is 0 Å². The van der Waals surface area contributed by atoms with E-state index in [2.05, 4.69) is 22.3 Å². The predicted octanol–water partition coefficient (Wildman–Crippen LogP) is 3.44. The molecule has 2 aliphatic rings. The fourth-order valence-corrected chi connectivity index (χ4v) is 4.26. The van der Waals surface area contributed by atoms with Crippen molar-refractivity contribution in [3.05, 3.63) is 70.5 Å². The number of hydrogen-bond acceptors (Lipinski definition) is 6. The molecule has 2 aromatic heterocycles. The molecule has 8 nitrogen and oxygen atoms in total. The highest BCUT2D eigenvalue weighted by Crippen LogP contribution is 2.40. The Bertz CT molecular complexity index is 1190. The number of amides is 2. The van der Waals surface area contributed by atoms with Crippen LogP contribution in [0.4, 0.5) is 5.82 Å². The molecule has 0 bridgehead atoms. The highest BCUT2D eigenvalue weighted by molar-refractivity contribution is 5.95. The molecule has 0 spiro atoms. The maximum Gasteiger partial charge on any atom is 0.276 e. The molecule has 1 saturated carbocycles. The number of benzene rings is 1. The molecule has 0 unspecified atom stereocenters. The van der Waals surface area contributed by atoms with Crippen LogP contribution in [0.3, 0.4) is 0 Å². The fraction of sp³-hybridized carbons (Fsp3) is 0.400. The van der Waals surface area contributed by atoms with Crippen LogP contribution >= 0.6 is 0 Å². The quantitative estimate of drug-likeness (QED) is 0.553. The third-order valence-electron chi connectivity index (χ3n) is 6.30. The van der Waals surface area contributed by atoms with E-state index < -0.39 is 0 Å². The summed E-state index contributed by atoms with van der Waals surface area (Å²) >= 11 is 0. The minimum absolute atomic E-state index is 0.0714. The van der Waals surface area contributed by atoms with E-state index in [1.807, 2.05) is 25.1 Å². The van der Waals surface area contributed by atoms with Gasteiger partial charge in [0.25, 0.3) is 5.91 Å². The van der Waals surface area contributed by atoms with Gasteiger partial charge in [0.1, 0.15) is 17.4 Å². The van der Waals surface area contributed by atoms with Gasteiger partial charge in [-0.25, -0.2) is 9.97 Å². The number of carbonyl (C=O) groups excluding carboxylic acids is 2. The van der Waals surface area contributed by atoms with Gasteiger partial charge in [0.2, 0.25) is 5.91 Å².